The standard InChI is InChI=1S/C31H32F3N5O2/c1-19-7-5-10-22(17-19)28-36-26-25(39(28)18-20-12-14-23(15-13-20)31(32,33)34)29(37-27(35-26)30(40)41)38-16-6-11-24(38)21-8-3-2-4-9-21/h5,7,10,12-15,17,21,24H,2-4,6,8-9,11,16,18H2,1H3,(H,40,41). The van der Waals surface area contributed by atoms with Gasteiger partial charge in [0.25, 0.3) is 0 Å². The fraction of sp³-hybridized carbons (Fsp3) is 0.419. The topological polar surface area (TPSA) is 84.1 Å². The molecule has 0 spiro atoms. The molecule has 1 atom stereocenters. The molecule has 41 heavy (non-hydrogen) atoms. The van der Waals surface area contributed by atoms with Gasteiger partial charge >= 0.3 is 12.1 Å². The lowest BCUT2D eigenvalue weighted by atomic mass is 9.83. The van der Waals surface area contributed by atoms with Crippen LogP contribution in [0.4, 0.5) is 19.0 Å². The van der Waals surface area contributed by atoms with Gasteiger partial charge in [-0.05, 0) is 62.3 Å². The smallest absolute Gasteiger partial charge is 0.416 e. The van der Waals surface area contributed by atoms with Crippen molar-refractivity contribution < 1.29 is 23.1 Å². The summed E-state index contributed by atoms with van der Waals surface area (Å²) in [7, 11) is 0. The van der Waals surface area contributed by atoms with Crippen molar-refractivity contribution in [2.24, 2.45) is 5.92 Å². The molecule has 10 heteroatoms. The van der Waals surface area contributed by atoms with E-state index >= 15 is 0 Å². The molecule has 7 nitrogen and oxygen atoms in total. The SMILES string of the molecule is Cc1cccc(-c2nc3nc(C(=O)O)nc(N4CCCC4C4CCCCC4)c3n2Cc2ccc(C(F)(F)F)cc2)c1. The summed E-state index contributed by atoms with van der Waals surface area (Å²) in [6.45, 7) is 2.94. The summed E-state index contributed by atoms with van der Waals surface area (Å²) < 4.78 is 41.7. The molecule has 0 bridgehead atoms. The van der Waals surface area contributed by atoms with Crippen molar-refractivity contribution in [1.82, 2.24) is 19.5 Å². The first-order valence-electron chi connectivity index (χ1n) is 14.2. The third-order valence-electron chi connectivity index (χ3n) is 8.44. The molecule has 214 valence electrons. The van der Waals surface area contributed by atoms with Gasteiger partial charge < -0.3 is 14.6 Å². The summed E-state index contributed by atoms with van der Waals surface area (Å²) in [6, 6.07) is 13.1. The summed E-state index contributed by atoms with van der Waals surface area (Å²) in [5.74, 6) is 0.0775. The maximum absolute atomic E-state index is 13.3. The van der Waals surface area contributed by atoms with Crippen LogP contribution >= 0.6 is 0 Å². The summed E-state index contributed by atoms with van der Waals surface area (Å²) in [4.78, 5) is 28.2. The van der Waals surface area contributed by atoms with Crippen molar-refractivity contribution in [2.75, 3.05) is 11.4 Å². The van der Waals surface area contributed by atoms with Crippen molar-refractivity contribution >= 4 is 23.0 Å². The number of imidazole rings is 1. The van der Waals surface area contributed by atoms with Crippen molar-refractivity contribution in [3.63, 3.8) is 0 Å². The van der Waals surface area contributed by atoms with E-state index in [1.165, 1.54) is 31.4 Å². The number of aryl methyl sites for hydroxylation is 1. The van der Waals surface area contributed by atoms with E-state index in [1.807, 2.05) is 35.8 Å². The number of alkyl halides is 3. The Balaban J connectivity index is 1.54. The maximum Gasteiger partial charge on any atom is 0.416 e. The van der Waals surface area contributed by atoms with Gasteiger partial charge in [-0.1, -0.05) is 55.2 Å². The zero-order valence-electron chi connectivity index (χ0n) is 22.9. The molecule has 4 aromatic rings. The molecule has 1 aliphatic carbocycles. The van der Waals surface area contributed by atoms with E-state index in [9.17, 15) is 23.1 Å². The van der Waals surface area contributed by atoms with E-state index < -0.39 is 17.7 Å². The Morgan fingerprint density at radius 1 is 0.976 bits per heavy atom. The molecular formula is C31H32F3N5O2. The fourth-order valence-corrected chi connectivity index (χ4v) is 6.52. The minimum absolute atomic E-state index is 0.225. The average Bonchev–Trinajstić information content (AvgIpc) is 3.58. The predicted octanol–water partition coefficient (Wildman–Crippen LogP) is 7.12. The Morgan fingerprint density at radius 3 is 2.41 bits per heavy atom. The van der Waals surface area contributed by atoms with Crippen LogP contribution in [-0.2, 0) is 12.7 Å². The number of nitrogens with zero attached hydrogens (tertiary/aromatic N) is 5. The largest absolute Gasteiger partial charge is 0.475 e. The summed E-state index contributed by atoms with van der Waals surface area (Å²) in [5, 5.41) is 9.91. The van der Waals surface area contributed by atoms with Gasteiger partial charge in [0, 0.05) is 24.7 Å². The number of aromatic nitrogens is 4. The van der Waals surface area contributed by atoms with Crippen LogP contribution < -0.4 is 4.90 Å². The minimum Gasteiger partial charge on any atom is -0.475 e. The van der Waals surface area contributed by atoms with Crippen molar-refractivity contribution in [3.8, 4) is 11.4 Å². The molecule has 2 fully saturated rings. The normalized spacial score (nSPS) is 18.3. The third-order valence-corrected chi connectivity index (χ3v) is 8.44. The van der Waals surface area contributed by atoms with Crippen LogP contribution in [-0.4, -0.2) is 43.2 Å². The Hall–Kier alpha value is -3.95. The second-order valence-electron chi connectivity index (χ2n) is 11.2. The first-order chi connectivity index (χ1) is 19.7. The first-order valence-corrected chi connectivity index (χ1v) is 14.2. The average molecular weight is 564 g/mol. The number of aromatic carboxylic acids is 1. The number of carboxylic acid groups (broad SMARTS) is 1. The van der Waals surface area contributed by atoms with E-state index in [0.717, 1.165) is 55.5 Å². The summed E-state index contributed by atoms with van der Waals surface area (Å²) in [6.07, 6.45) is 3.47. The second kappa shape index (κ2) is 10.8. The van der Waals surface area contributed by atoms with E-state index in [2.05, 4.69) is 14.9 Å². The van der Waals surface area contributed by atoms with E-state index in [0.29, 0.717) is 28.6 Å². The van der Waals surface area contributed by atoms with E-state index in [-0.39, 0.29) is 24.1 Å². The van der Waals surface area contributed by atoms with Crippen LogP contribution in [0.1, 0.15) is 72.3 Å². The van der Waals surface area contributed by atoms with Gasteiger partial charge in [-0.25, -0.2) is 19.7 Å². The van der Waals surface area contributed by atoms with Crippen molar-refractivity contribution in [3.05, 3.63) is 71.0 Å². The highest BCUT2D eigenvalue weighted by Gasteiger charge is 2.36. The Bertz CT molecular complexity index is 1580. The number of carboxylic acids is 1. The minimum atomic E-state index is -4.43. The van der Waals surface area contributed by atoms with Crippen LogP contribution in [0.25, 0.3) is 22.6 Å². The zero-order chi connectivity index (χ0) is 28.7. The molecule has 2 aliphatic rings. The second-order valence-corrected chi connectivity index (χ2v) is 11.2. The van der Waals surface area contributed by atoms with Crippen molar-refractivity contribution in [1.29, 1.82) is 0 Å². The fourth-order valence-electron chi connectivity index (χ4n) is 6.52. The predicted molar refractivity (Wildman–Crippen MR) is 150 cm³/mol. The summed E-state index contributed by atoms with van der Waals surface area (Å²) in [5.41, 5.74) is 2.65. The lowest BCUT2D eigenvalue weighted by molar-refractivity contribution is -0.137. The van der Waals surface area contributed by atoms with Crippen LogP contribution in [0.2, 0.25) is 0 Å². The Morgan fingerprint density at radius 2 is 1.73 bits per heavy atom. The Labute approximate surface area is 236 Å². The van der Waals surface area contributed by atoms with Gasteiger partial charge in [-0.15, -0.1) is 0 Å². The molecular weight excluding hydrogens is 531 g/mol. The lowest BCUT2D eigenvalue weighted by Crippen LogP contribution is -2.37. The molecule has 1 N–H and O–H groups in total. The van der Waals surface area contributed by atoms with Crippen LogP contribution in [0, 0.1) is 12.8 Å². The molecule has 2 aromatic carbocycles. The van der Waals surface area contributed by atoms with Crippen LogP contribution in [0.3, 0.4) is 0 Å². The zero-order valence-corrected chi connectivity index (χ0v) is 22.9. The van der Waals surface area contributed by atoms with Gasteiger partial charge in [-0.3, -0.25) is 0 Å². The van der Waals surface area contributed by atoms with Gasteiger partial charge in [0.05, 0.1) is 5.56 Å². The lowest BCUT2D eigenvalue weighted by Gasteiger charge is -2.35. The van der Waals surface area contributed by atoms with Gasteiger partial charge in [0.1, 0.15) is 11.3 Å². The third kappa shape index (κ3) is 5.39. The van der Waals surface area contributed by atoms with E-state index in [1.54, 1.807) is 0 Å². The molecule has 6 rings (SSSR count). The number of carbonyl (C=O) groups is 1. The first kappa shape index (κ1) is 27.2. The number of rotatable bonds is 6. The van der Waals surface area contributed by atoms with E-state index in [4.69, 9.17) is 4.98 Å². The molecule has 1 aliphatic heterocycles. The number of hydrogen-bond acceptors (Lipinski definition) is 5. The molecule has 1 saturated carbocycles. The molecule has 0 amide bonds. The van der Waals surface area contributed by atoms with Gasteiger partial charge in [0.15, 0.2) is 11.5 Å². The maximum atomic E-state index is 13.3. The van der Waals surface area contributed by atoms with Crippen LogP contribution in [0.5, 0.6) is 0 Å². The molecule has 3 heterocycles. The van der Waals surface area contributed by atoms with Gasteiger partial charge in [0.2, 0.25) is 5.82 Å². The van der Waals surface area contributed by atoms with Crippen LogP contribution in [0.15, 0.2) is 48.5 Å². The molecule has 1 unspecified atom stereocenters. The molecule has 0 radical (unpaired) electrons. The number of fused-ring (bicyclic) bond motifs is 1. The summed E-state index contributed by atoms with van der Waals surface area (Å²) >= 11 is 0. The number of anilines is 1. The molecule has 2 aromatic heterocycles. The number of halogens is 3. The quantitative estimate of drug-likeness (QED) is 0.269. The highest BCUT2D eigenvalue weighted by Crippen LogP contribution is 2.40. The number of benzene rings is 2. The highest BCUT2D eigenvalue weighted by atomic mass is 19.4. The Kier molecular flexibility index (Phi) is 7.17. The number of hydrogen-bond donors (Lipinski definition) is 1. The highest BCUT2D eigenvalue weighted by molar-refractivity contribution is 5.92. The monoisotopic (exact) mass is 563 g/mol. The van der Waals surface area contributed by atoms with Crippen molar-refractivity contribution in [2.45, 2.75) is 70.6 Å². The molecule has 1 saturated heterocycles. The van der Waals surface area contributed by atoms with Gasteiger partial charge in [-0.2, -0.15) is 13.2 Å².